The van der Waals surface area contributed by atoms with Crippen molar-refractivity contribution in [3.05, 3.63) is 0 Å². The molecule has 0 aromatic heterocycles. The Hall–Kier alpha value is -0.120. The van der Waals surface area contributed by atoms with Crippen LogP contribution in [0, 0.1) is 5.92 Å². The number of hydrogen-bond acceptors (Lipinski definition) is 3. The molecule has 0 aromatic rings. The van der Waals surface area contributed by atoms with E-state index >= 15 is 0 Å². The smallest absolute Gasteiger partial charge is 0.0897 e. The fraction of sp³-hybridized carbons (Fsp3) is 1.00. The average molecular weight is 299 g/mol. The monoisotopic (exact) mass is 299 g/mol. The van der Waals surface area contributed by atoms with Gasteiger partial charge in [0.1, 0.15) is 0 Å². The molecule has 1 aliphatic carbocycles. The largest absolute Gasteiger partial charge is 0.389 e. The molecule has 3 heteroatoms. The summed E-state index contributed by atoms with van der Waals surface area (Å²) >= 11 is 0. The highest BCUT2D eigenvalue weighted by Gasteiger charge is 2.19. The van der Waals surface area contributed by atoms with E-state index in [2.05, 4.69) is 26.1 Å². The van der Waals surface area contributed by atoms with Gasteiger partial charge >= 0.3 is 0 Å². The number of ether oxygens (including phenoxy) is 1. The Bertz CT molecular complexity index is 239. The molecular formula is C18H37NO2. The number of unbranched alkanes of at least 4 members (excludes halogenated alkanes) is 3. The zero-order chi connectivity index (χ0) is 15.5. The summed E-state index contributed by atoms with van der Waals surface area (Å²) < 4.78 is 5.85. The molecule has 0 aromatic carbocycles. The first-order chi connectivity index (χ1) is 10.1. The van der Waals surface area contributed by atoms with Gasteiger partial charge in [0.25, 0.3) is 0 Å². The third-order valence-electron chi connectivity index (χ3n) is 4.68. The van der Waals surface area contributed by atoms with Gasteiger partial charge < -0.3 is 15.2 Å². The number of nitrogens with one attached hydrogen (secondary N) is 1. The molecule has 21 heavy (non-hydrogen) atoms. The van der Waals surface area contributed by atoms with Crippen LogP contribution in [0.15, 0.2) is 0 Å². The average Bonchev–Trinajstić information content (AvgIpc) is 2.49. The van der Waals surface area contributed by atoms with Gasteiger partial charge in [0.05, 0.1) is 18.8 Å². The van der Waals surface area contributed by atoms with Crippen LogP contribution in [-0.2, 0) is 4.74 Å². The van der Waals surface area contributed by atoms with Gasteiger partial charge in [-0.3, -0.25) is 0 Å². The van der Waals surface area contributed by atoms with Crippen LogP contribution >= 0.6 is 0 Å². The fourth-order valence-corrected chi connectivity index (χ4v) is 3.02. The van der Waals surface area contributed by atoms with Crippen LogP contribution in [0.5, 0.6) is 0 Å². The normalized spacial score (nSPS) is 25.7. The van der Waals surface area contributed by atoms with Crippen molar-refractivity contribution in [2.45, 2.75) is 96.8 Å². The Labute approximate surface area is 131 Å². The summed E-state index contributed by atoms with van der Waals surface area (Å²) in [5, 5.41) is 13.4. The maximum atomic E-state index is 10.0. The molecule has 2 N–H and O–H groups in total. The fourth-order valence-electron chi connectivity index (χ4n) is 3.02. The summed E-state index contributed by atoms with van der Waals surface area (Å²) in [4.78, 5) is 0. The Morgan fingerprint density at radius 1 is 1.14 bits per heavy atom. The number of hydrogen-bond donors (Lipinski definition) is 2. The molecule has 1 aliphatic rings. The molecule has 0 radical (unpaired) electrons. The van der Waals surface area contributed by atoms with E-state index in [0.29, 0.717) is 25.3 Å². The highest BCUT2D eigenvalue weighted by Crippen LogP contribution is 2.25. The minimum absolute atomic E-state index is 0.373. The second-order valence-corrected chi connectivity index (χ2v) is 7.03. The highest BCUT2D eigenvalue weighted by molar-refractivity contribution is 4.71. The minimum atomic E-state index is -0.373. The van der Waals surface area contributed by atoms with Crippen molar-refractivity contribution in [3.63, 3.8) is 0 Å². The van der Waals surface area contributed by atoms with Crippen LogP contribution in [0.3, 0.4) is 0 Å². The molecule has 0 heterocycles. The van der Waals surface area contributed by atoms with Gasteiger partial charge in [-0.25, -0.2) is 0 Å². The lowest BCUT2D eigenvalue weighted by Gasteiger charge is -2.27. The number of aliphatic hydroxyl groups is 1. The maximum Gasteiger partial charge on any atom is 0.0897 e. The second kappa shape index (κ2) is 11.4. The van der Waals surface area contributed by atoms with E-state index in [9.17, 15) is 5.11 Å². The van der Waals surface area contributed by atoms with Crippen LogP contribution in [0.2, 0.25) is 0 Å². The zero-order valence-electron chi connectivity index (χ0n) is 14.4. The molecule has 0 aliphatic heterocycles. The molecule has 1 rings (SSSR count). The molecule has 1 fully saturated rings. The van der Waals surface area contributed by atoms with E-state index in [0.717, 1.165) is 18.8 Å². The van der Waals surface area contributed by atoms with E-state index in [-0.39, 0.29) is 6.10 Å². The van der Waals surface area contributed by atoms with Gasteiger partial charge in [0, 0.05) is 12.6 Å². The van der Waals surface area contributed by atoms with Gasteiger partial charge in [-0.15, -0.1) is 0 Å². The Morgan fingerprint density at radius 2 is 1.86 bits per heavy atom. The molecule has 0 spiro atoms. The molecule has 1 saturated carbocycles. The van der Waals surface area contributed by atoms with Gasteiger partial charge in [-0.05, 0) is 44.9 Å². The standard InChI is InChI=1S/C18H37NO2/c1-4-5-6-7-8-16(3)19-13-17(20)14-21-18-11-9-15(2)10-12-18/h15-20H,4-14H2,1-3H3. The van der Waals surface area contributed by atoms with Crippen LogP contribution in [0.1, 0.15) is 78.6 Å². The van der Waals surface area contributed by atoms with Crippen molar-refractivity contribution in [2.75, 3.05) is 13.2 Å². The van der Waals surface area contributed by atoms with Crippen LogP contribution in [0.25, 0.3) is 0 Å². The van der Waals surface area contributed by atoms with Crippen molar-refractivity contribution in [2.24, 2.45) is 5.92 Å². The first kappa shape index (κ1) is 18.9. The van der Waals surface area contributed by atoms with E-state index in [4.69, 9.17) is 4.74 Å². The third kappa shape index (κ3) is 9.49. The van der Waals surface area contributed by atoms with Crippen LogP contribution < -0.4 is 5.32 Å². The second-order valence-electron chi connectivity index (χ2n) is 7.03. The Balaban J connectivity index is 1.98. The predicted molar refractivity (Wildman–Crippen MR) is 89.6 cm³/mol. The lowest BCUT2D eigenvalue weighted by Crippen LogP contribution is -2.37. The molecule has 2 atom stereocenters. The Morgan fingerprint density at radius 3 is 2.52 bits per heavy atom. The van der Waals surface area contributed by atoms with Crippen LogP contribution in [-0.4, -0.2) is 36.5 Å². The van der Waals surface area contributed by atoms with E-state index in [1.807, 2.05) is 0 Å². The van der Waals surface area contributed by atoms with Gasteiger partial charge in [-0.1, -0.05) is 39.5 Å². The zero-order valence-corrected chi connectivity index (χ0v) is 14.4. The lowest BCUT2D eigenvalue weighted by atomic mass is 9.89. The van der Waals surface area contributed by atoms with Gasteiger partial charge in [-0.2, -0.15) is 0 Å². The molecule has 0 saturated heterocycles. The summed E-state index contributed by atoms with van der Waals surface area (Å²) in [5.41, 5.74) is 0. The summed E-state index contributed by atoms with van der Waals surface area (Å²) in [6, 6.07) is 0.493. The molecule has 3 nitrogen and oxygen atoms in total. The number of rotatable bonds is 11. The minimum Gasteiger partial charge on any atom is -0.389 e. The Kier molecular flexibility index (Phi) is 10.3. The summed E-state index contributed by atoms with van der Waals surface area (Å²) in [6.07, 6.45) is 11.3. The highest BCUT2D eigenvalue weighted by atomic mass is 16.5. The van der Waals surface area contributed by atoms with Gasteiger partial charge in [0.15, 0.2) is 0 Å². The van der Waals surface area contributed by atoms with E-state index in [1.165, 1.54) is 44.9 Å². The lowest BCUT2D eigenvalue weighted by molar-refractivity contribution is -0.0283. The number of aliphatic hydroxyl groups excluding tert-OH is 1. The molecule has 0 bridgehead atoms. The van der Waals surface area contributed by atoms with Crippen molar-refractivity contribution in [1.82, 2.24) is 5.32 Å². The molecular weight excluding hydrogens is 262 g/mol. The molecule has 126 valence electrons. The molecule has 0 amide bonds. The van der Waals surface area contributed by atoms with Crippen molar-refractivity contribution in [3.8, 4) is 0 Å². The summed E-state index contributed by atoms with van der Waals surface area (Å²) in [7, 11) is 0. The molecule has 2 unspecified atom stereocenters. The SMILES string of the molecule is CCCCCCC(C)NCC(O)COC1CCC(C)CC1. The summed E-state index contributed by atoms with van der Waals surface area (Å²) in [6.45, 7) is 7.90. The van der Waals surface area contributed by atoms with Crippen molar-refractivity contribution < 1.29 is 9.84 Å². The first-order valence-corrected chi connectivity index (χ1v) is 9.14. The van der Waals surface area contributed by atoms with Crippen LogP contribution in [0.4, 0.5) is 0 Å². The van der Waals surface area contributed by atoms with Gasteiger partial charge in [0.2, 0.25) is 0 Å². The van der Waals surface area contributed by atoms with Crippen molar-refractivity contribution >= 4 is 0 Å². The first-order valence-electron chi connectivity index (χ1n) is 9.14. The topological polar surface area (TPSA) is 41.5 Å². The predicted octanol–water partition coefficient (Wildman–Crippen LogP) is 3.89. The van der Waals surface area contributed by atoms with E-state index < -0.39 is 0 Å². The van der Waals surface area contributed by atoms with E-state index in [1.54, 1.807) is 0 Å². The van der Waals surface area contributed by atoms with Crippen molar-refractivity contribution in [1.29, 1.82) is 0 Å². The maximum absolute atomic E-state index is 10.0. The third-order valence-corrected chi connectivity index (χ3v) is 4.68. The quantitative estimate of drug-likeness (QED) is 0.569. The summed E-state index contributed by atoms with van der Waals surface area (Å²) in [5.74, 6) is 0.852.